The smallest absolute Gasteiger partial charge is 0.338 e. The molecule has 0 saturated carbocycles. The van der Waals surface area contributed by atoms with E-state index >= 15 is 0 Å². The summed E-state index contributed by atoms with van der Waals surface area (Å²) in [5.41, 5.74) is 3.05. The first kappa shape index (κ1) is 9.35. The average Bonchev–Trinajstić information content (AvgIpc) is 2.78. The minimum absolute atomic E-state index is 0.416. The number of para-hydroxylation sites is 2. The van der Waals surface area contributed by atoms with E-state index < -0.39 is 5.63 Å². The van der Waals surface area contributed by atoms with Crippen LogP contribution in [0.2, 0.25) is 0 Å². The summed E-state index contributed by atoms with van der Waals surface area (Å²) in [6.45, 7) is 0. The monoisotopic (exact) mass is 237 g/mol. The molecule has 86 valence electrons. The molecule has 2 aromatic carbocycles. The fourth-order valence-corrected chi connectivity index (χ4v) is 2.13. The molecule has 1 N–H and O–H groups in total. The highest BCUT2D eigenvalue weighted by Crippen LogP contribution is 2.21. The Bertz CT molecular complexity index is 953. The zero-order chi connectivity index (χ0) is 12.1. The van der Waals surface area contributed by atoms with Crippen molar-refractivity contribution in [3.63, 3.8) is 0 Å². The maximum Gasteiger partial charge on any atom is 0.367 e. The zero-order valence-corrected chi connectivity index (χ0v) is 9.18. The summed E-state index contributed by atoms with van der Waals surface area (Å²) in [4.78, 5) is 20.7. The van der Waals surface area contributed by atoms with E-state index in [0.717, 1.165) is 11.0 Å². The van der Waals surface area contributed by atoms with E-state index in [-0.39, 0.29) is 0 Å². The number of benzene rings is 2. The quantitative estimate of drug-likeness (QED) is 0.476. The molecule has 5 nitrogen and oxygen atoms in total. The minimum Gasteiger partial charge on any atom is -0.338 e. The number of hydrogen-bond donors (Lipinski definition) is 1. The minimum atomic E-state index is -0.416. The number of nitrogens with zero attached hydrogens (tertiary/aromatic N) is 2. The third kappa shape index (κ3) is 1.13. The van der Waals surface area contributed by atoms with Gasteiger partial charge in [-0.05, 0) is 24.3 Å². The van der Waals surface area contributed by atoms with Gasteiger partial charge in [0.1, 0.15) is 10.9 Å². The first-order valence-corrected chi connectivity index (χ1v) is 5.49. The molecule has 0 bridgehead atoms. The molecule has 0 unspecified atom stereocenters. The SMILES string of the molecule is O=c1o[nH]c2ccc3nc4ccccc4nc3c12. The van der Waals surface area contributed by atoms with Crippen LogP contribution in [-0.2, 0) is 0 Å². The summed E-state index contributed by atoms with van der Waals surface area (Å²) in [6, 6.07) is 11.2. The molecule has 0 fully saturated rings. The number of fused-ring (bicyclic) bond motifs is 4. The predicted molar refractivity (Wildman–Crippen MR) is 67.4 cm³/mol. The van der Waals surface area contributed by atoms with Crippen molar-refractivity contribution < 1.29 is 4.52 Å². The van der Waals surface area contributed by atoms with Crippen molar-refractivity contribution in [3.05, 3.63) is 46.8 Å². The van der Waals surface area contributed by atoms with Gasteiger partial charge >= 0.3 is 5.63 Å². The number of aromatic amines is 1. The molecule has 18 heavy (non-hydrogen) atoms. The summed E-state index contributed by atoms with van der Waals surface area (Å²) in [7, 11) is 0. The molecule has 0 aliphatic carbocycles. The van der Waals surface area contributed by atoms with Crippen LogP contribution in [0.1, 0.15) is 0 Å². The Morgan fingerprint density at radius 1 is 0.944 bits per heavy atom. The number of H-pyrrole nitrogens is 1. The van der Waals surface area contributed by atoms with E-state index in [2.05, 4.69) is 15.1 Å². The van der Waals surface area contributed by atoms with Crippen LogP contribution in [0.25, 0.3) is 33.0 Å². The number of nitrogens with one attached hydrogen (secondary N) is 1. The molecule has 4 rings (SSSR count). The third-order valence-corrected chi connectivity index (χ3v) is 2.97. The molecule has 0 atom stereocenters. The van der Waals surface area contributed by atoms with Crippen LogP contribution in [0.15, 0.2) is 45.7 Å². The second kappa shape index (κ2) is 3.16. The van der Waals surface area contributed by atoms with Crippen molar-refractivity contribution >= 4 is 33.0 Å². The largest absolute Gasteiger partial charge is 0.367 e. The van der Waals surface area contributed by atoms with Crippen LogP contribution in [0.4, 0.5) is 0 Å². The maximum absolute atomic E-state index is 11.7. The van der Waals surface area contributed by atoms with Gasteiger partial charge in [0.2, 0.25) is 0 Å². The van der Waals surface area contributed by atoms with Gasteiger partial charge in [-0.15, -0.1) is 0 Å². The van der Waals surface area contributed by atoms with E-state index in [1.165, 1.54) is 0 Å². The summed E-state index contributed by atoms with van der Waals surface area (Å²) < 4.78 is 4.79. The lowest BCUT2D eigenvalue weighted by molar-refractivity contribution is 0.400. The van der Waals surface area contributed by atoms with Crippen LogP contribution < -0.4 is 5.63 Å². The molecular weight excluding hydrogens is 230 g/mol. The second-order valence-electron chi connectivity index (χ2n) is 4.06. The van der Waals surface area contributed by atoms with Gasteiger partial charge in [0.25, 0.3) is 0 Å². The Morgan fingerprint density at radius 2 is 1.72 bits per heavy atom. The fourth-order valence-electron chi connectivity index (χ4n) is 2.13. The highest BCUT2D eigenvalue weighted by atomic mass is 16.5. The molecule has 0 aliphatic rings. The van der Waals surface area contributed by atoms with Gasteiger partial charge < -0.3 is 4.52 Å². The molecule has 5 heteroatoms. The Morgan fingerprint density at radius 3 is 2.56 bits per heavy atom. The van der Waals surface area contributed by atoms with E-state index in [9.17, 15) is 4.79 Å². The van der Waals surface area contributed by atoms with Crippen LogP contribution in [0.3, 0.4) is 0 Å². The van der Waals surface area contributed by atoms with Gasteiger partial charge in [-0.2, -0.15) is 0 Å². The number of hydrogen-bond acceptors (Lipinski definition) is 4. The molecule has 2 aromatic heterocycles. The highest BCUT2D eigenvalue weighted by Gasteiger charge is 2.10. The lowest BCUT2D eigenvalue weighted by Gasteiger charge is -2.00. The van der Waals surface area contributed by atoms with E-state index in [1.54, 1.807) is 6.07 Å². The zero-order valence-electron chi connectivity index (χ0n) is 9.18. The van der Waals surface area contributed by atoms with Crippen molar-refractivity contribution in [3.8, 4) is 0 Å². The first-order valence-electron chi connectivity index (χ1n) is 5.49. The topological polar surface area (TPSA) is 71.8 Å². The second-order valence-corrected chi connectivity index (χ2v) is 4.06. The van der Waals surface area contributed by atoms with Crippen molar-refractivity contribution in [2.45, 2.75) is 0 Å². The van der Waals surface area contributed by atoms with Gasteiger partial charge in [0.05, 0.1) is 22.1 Å². The molecule has 0 amide bonds. The molecule has 0 saturated heterocycles. The van der Waals surface area contributed by atoms with E-state index in [1.807, 2.05) is 30.3 Å². The van der Waals surface area contributed by atoms with Crippen LogP contribution in [0, 0.1) is 0 Å². The highest BCUT2D eigenvalue weighted by molar-refractivity contribution is 6.03. The third-order valence-electron chi connectivity index (χ3n) is 2.97. The molecule has 0 spiro atoms. The molecule has 2 heterocycles. The normalized spacial score (nSPS) is 11.6. The van der Waals surface area contributed by atoms with Crippen molar-refractivity contribution in [1.29, 1.82) is 0 Å². The Kier molecular flexibility index (Phi) is 1.64. The number of aromatic nitrogens is 3. The standard InChI is InChI=1S/C13H7N3O2/c17-13-11-9(16-18-13)5-6-10-12(11)15-8-4-2-1-3-7(8)14-10/h1-6,16H. The number of rotatable bonds is 0. The van der Waals surface area contributed by atoms with E-state index in [4.69, 9.17) is 4.52 Å². The summed E-state index contributed by atoms with van der Waals surface area (Å²) >= 11 is 0. The summed E-state index contributed by atoms with van der Waals surface area (Å²) in [5, 5.41) is 3.02. The molecule has 0 aliphatic heterocycles. The van der Waals surface area contributed by atoms with Crippen LogP contribution in [-0.4, -0.2) is 15.1 Å². The molecular formula is C13H7N3O2. The van der Waals surface area contributed by atoms with Crippen LogP contribution >= 0.6 is 0 Å². The van der Waals surface area contributed by atoms with Gasteiger partial charge in [-0.25, -0.2) is 19.9 Å². The van der Waals surface area contributed by atoms with Crippen molar-refractivity contribution in [2.24, 2.45) is 0 Å². The van der Waals surface area contributed by atoms with Gasteiger partial charge in [0.15, 0.2) is 0 Å². The Labute approximate surface area is 100 Å². The van der Waals surface area contributed by atoms with E-state index in [0.29, 0.717) is 21.9 Å². The lowest BCUT2D eigenvalue weighted by atomic mass is 10.2. The molecule has 4 aromatic rings. The van der Waals surface area contributed by atoms with Crippen molar-refractivity contribution in [2.75, 3.05) is 0 Å². The summed E-state index contributed by atoms with van der Waals surface area (Å²) in [5.74, 6) is 0. The predicted octanol–water partition coefficient (Wildman–Crippen LogP) is 2.22. The summed E-state index contributed by atoms with van der Waals surface area (Å²) in [6.07, 6.45) is 0. The van der Waals surface area contributed by atoms with Gasteiger partial charge in [-0.1, -0.05) is 12.1 Å². The van der Waals surface area contributed by atoms with Crippen molar-refractivity contribution in [1.82, 2.24) is 15.1 Å². The Hall–Kier alpha value is -2.69. The maximum atomic E-state index is 11.7. The van der Waals surface area contributed by atoms with Gasteiger partial charge in [-0.3, -0.25) is 0 Å². The average molecular weight is 237 g/mol. The van der Waals surface area contributed by atoms with Crippen LogP contribution in [0.5, 0.6) is 0 Å². The first-order chi connectivity index (χ1) is 8.83. The Balaban J connectivity index is 2.33. The fraction of sp³-hybridized carbons (Fsp3) is 0. The lowest BCUT2D eigenvalue weighted by Crippen LogP contribution is -1.95. The van der Waals surface area contributed by atoms with Gasteiger partial charge in [0, 0.05) is 0 Å². The molecule has 0 radical (unpaired) electrons.